The molecule has 1 aromatic heterocycles. The number of thiazole rings is 1. The van der Waals surface area contributed by atoms with Crippen LogP contribution in [0, 0.1) is 5.82 Å². The molecule has 0 aliphatic carbocycles. The summed E-state index contributed by atoms with van der Waals surface area (Å²) in [5.74, 6) is -0.809. The van der Waals surface area contributed by atoms with Crippen molar-refractivity contribution >= 4 is 22.4 Å². The minimum Gasteiger partial charge on any atom is -0.288 e. The van der Waals surface area contributed by atoms with Gasteiger partial charge < -0.3 is 0 Å². The zero-order chi connectivity index (χ0) is 17.2. The highest BCUT2D eigenvalue weighted by molar-refractivity contribution is 7.14. The van der Waals surface area contributed by atoms with Crippen molar-refractivity contribution in [2.45, 2.75) is 18.8 Å². The van der Waals surface area contributed by atoms with Gasteiger partial charge in [0.25, 0.3) is 0 Å². The molecule has 3 nitrogen and oxygen atoms in total. The Bertz CT molecular complexity index is 893. The average molecular weight is 352 g/mol. The van der Waals surface area contributed by atoms with Crippen LogP contribution in [0.1, 0.15) is 24.3 Å². The number of hydrogen-bond acceptors (Lipinski definition) is 3. The normalized spacial score (nSPS) is 17.7. The molecule has 4 rings (SSSR count). The van der Waals surface area contributed by atoms with E-state index >= 15 is 0 Å². The fourth-order valence-corrected chi connectivity index (χ4v) is 4.11. The summed E-state index contributed by atoms with van der Waals surface area (Å²) in [6.45, 7) is 0.630. The molecule has 1 atom stereocenters. The Morgan fingerprint density at radius 2 is 1.84 bits per heavy atom. The molecule has 0 N–H and O–H groups in total. The third-order valence-corrected chi connectivity index (χ3v) is 5.38. The zero-order valence-electron chi connectivity index (χ0n) is 13.6. The molecule has 1 aliphatic rings. The van der Waals surface area contributed by atoms with E-state index in [9.17, 15) is 9.18 Å². The number of aromatic nitrogens is 1. The van der Waals surface area contributed by atoms with E-state index in [0.29, 0.717) is 23.7 Å². The molecular formula is C20H17FN2OS. The second-order valence-corrected chi connectivity index (χ2v) is 6.92. The summed E-state index contributed by atoms with van der Waals surface area (Å²) in [7, 11) is 0. The van der Waals surface area contributed by atoms with Crippen LogP contribution in [0.2, 0.25) is 0 Å². The number of amides is 1. The summed E-state index contributed by atoms with van der Waals surface area (Å²) in [4.78, 5) is 19.3. The van der Waals surface area contributed by atoms with E-state index in [1.54, 1.807) is 23.1 Å². The van der Waals surface area contributed by atoms with Crippen molar-refractivity contribution in [1.29, 1.82) is 0 Å². The summed E-state index contributed by atoms with van der Waals surface area (Å²) in [5.41, 5.74) is 2.37. The van der Waals surface area contributed by atoms with Crippen molar-refractivity contribution in [3.8, 4) is 11.3 Å². The van der Waals surface area contributed by atoms with Crippen LogP contribution in [0.25, 0.3) is 11.3 Å². The third-order valence-electron chi connectivity index (χ3n) is 4.51. The molecule has 2 heterocycles. The maximum Gasteiger partial charge on any atom is 0.236 e. The highest BCUT2D eigenvalue weighted by Crippen LogP contribution is 2.35. The molecule has 25 heavy (non-hydrogen) atoms. The van der Waals surface area contributed by atoms with Gasteiger partial charge in [-0.05, 0) is 18.9 Å². The lowest BCUT2D eigenvalue weighted by atomic mass is 9.89. The van der Waals surface area contributed by atoms with E-state index in [4.69, 9.17) is 0 Å². The molecule has 126 valence electrons. The monoisotopic (exact) mass is 352 g/mol. The lowest BCUT2D eigenvalue weighted by Crippen LogP contribution is -2.40. The van der Waals surface area contributed by atoms with Crippen LogP contribution < -0.4 is 4.90 Å². The van der Waals surface area contributed by atoms with Crippen LogP contribution >= 0.6 is 11.3 Å². The lowest BCUT2D eigenvalue weighted by Gasteiger charge is -2.30. The van der Waals surface area contributed by atoms with Crippen molar-refractivity contribution < 1.29 is 9.18 Å². The summed E-state index contributed by atoms with van der Waals surface area (Å²) < 4.78 is 14.1. The summed E-state index contributed by atoms with van der Waals surface area (Å²) in [5, 5.41) is 2.65. The van der Waals surface area contributed by atoms with E-state index in [0.717, 1.165) is 17.7 Å². The van der Waals surface area contributed by atoms with Crippen LogP contribution in [-0.4, -0.2) is 17.4 Å². The van der Waals surface area contributed by atoms with Gasteiger partial charge in [0.05, 0.1) is 11.6 Å². The molecule has 1 saturated heterocycles. The number of rotatable bonds is 3. The highest BCUT2D eigenvalue weighted by atomic mass is 32.1. The van der Waals surface area contributed by atoms with E-state index in [1.165, 1.54) is 17.4 Å². The molecule has 0 spiro atoms. The molecule has 1 aliphatic heterocycles. The van der Waals surface area contributed by atoms with Gasteiger partial charge in [-0.15, -0.1) is 11.3 Å². The molecule has 3 aromatic rings. The Balaban J connectivity index is 1.62. The Morgan fingerprint density at radius 1 is 1.08 bits per heavy atom. The smallest absolute Gasteiger partial charge is 0.236 e. The standard InChI is InChI=1S/C20H17FN2OS/c21-17-11-5-4-9-15(17)16-10-6-12-23(19(16)24)20-22-18(13-25-20)14-7-2-1-3-8-14/h1-5,7-9,11,13,16H,6,10,12H2. The summed E-state index contributed by atoms with van der Waals surface area (Å²) in [6, 6.07) is 16.4. The van der Waals surface area contributed by atoms with Crippen LogP contribution in [0.3, 0.4) is 0 Å². The predicted octanol–water partition coefficient (Wildman–Crippen LogP) is 4.86. The molecule has 0 radical (unpaired) electrons. The van der Waals surface area contributed by atoms with Gasteiger partial charge in [-0.25, -0.2) is 9.37 Å². The number of hydrogen-bond donors (Lipinski definition) is 0. The summed E-state index contributed by atoms with van der Waals surface area (Å²) >= 11 is 1.46. The first-order valence-corrected chi connectivity index (χ1v) is 9.19. The first-order chi connectivity index (χ1) is 12.2. The molecule has 5 heteroatoms. The molecule has 1 unspecified atom stereocenters. The van der Waals surface area contributed by atoms with E-state index in [-0.39, 0.29) is 11.7 Å². The van der Waals surface area contributed by atoms with Crippen molar-refractivity contribution in [3.63, 3.8) is 0 Å². The van der Waals surface area contributed by atoms with Crippen molar-refractivity contribution in [3.05, 3.63) is 71.4 Å². The van der Waals surface area contributed by atoms with Gasteiger partial charge in [-0.2, -0.15) is 0 Å². The van der Waals surface area contributed by atoms with Gasteiger partial charge in [0.15, 0.2) is 5.13 Å². The van der Waals surface area contributed by atoms with Gasteiger partial charge in [0, 0.05) is 23.1 Å². The van der Waals surface area contributed by atoms with E-state index < -0.39 is 5.92 Å². The number of nitrogens with zero attached hydrogens (tertiary/aromatic N) is 2. The van der Waals surface area contributed by atoms with Crippen LogP contribution in [-0.2, 0) is 4.79 Å². The molecule has 0 bridgehead atoms. The largest absolute Gasteiger partial charge is 0.288 e. The van der Waals surface area contributed by atoms with E-state index in [2.05, 4.69) is 4.98 Å². The number of carbonyl (C=O) groups is 1. The van der Waals surface area contributed by atoms with Gasteiger partial charge in [0.1, 0.15) is 5.82 Å². The van der Waals surface area contributed by atoms with Crippen LogP contribution in [0.4, 0.5) is 9.52 Å². The van der Waals surface area contributed by atoms with Crippen LogP contribution in [0.15, 0.2) is 60.0 Å². The SMILES string of the molecule is O=C1C(c2ccccc2F)CCCN1c1nc(-c2ccccc2)cs1. The fourth-order valence-electron chi connectivity index (χ4n) is 3.24. The quantitative estimate of drug-likeness (QED) is 0.674. The fraction of sp³-hybridized carbons (Fsp3) is 0.200. The maximum atomic E-state index is 14.1. The summed E-state index contributed by atoms with van der Waals surface area (Å²) in [6.07, 6.45) is 1.51. The zero-order valence-corrected chi connectivity index (χ0v) is 14.4. The van der Waals surface area contributed by atoms with E-state index in [1.807, 2.05) is 35.7 Å². The predicted molar refractivity (Wildman–Crippen MR) is 98.3 cm³/mol. The highest BCUT2D eigenvalue weighted by Gasteiger charge is 2.33. The van der Waals surface area contributed by atoms with Crippen LogP contribution in [0.5, 0.6) is 0 Å². The third kappa shape index (κ3) is 3.07. The van der Waals surface area contributed by atoms with Gasteiger partial charge in [0.2, 0.25) is 5.91 Å². The molecular weight excluding hydrogens is 335 g/mol. The molecule has 1 fully saturated rings. The van der Waals surface area contributed by atoms with Gasteiger partial charge in [-0.3, -0.25) is 9.69 Å². The van der Waals surface area contributed by atoms with Crippen molar-refractivity contribution in [1.82, 2.24) is 4.98 Å². The molecule has 0 saturated carbocycles. The molecule has 2 aromatic carbocycles. The number of anilines is 1. The maximum absolute atomic E-state index is 14.1. The van der Waals surface area contributed by atoms with Gasteiger partial charge in [-0.1, -0.05) is 48.5 Å². The second-order valence-electron chi connectivity index (χ2n) is 6.09. The topological polar surface area (TPSA) is 33.2 Å². The minimum absolute atomic E-state index is 0.0645. The Morgan fingerprint density at radius 3 is 2.64 bits per heavy atom. The van der Waals surface area contributed by atoms with Gasteiger partial charge >= 0.3 is 0 Å². The first-order valence-electron chi connectivity index (χ1n) is 8.31. The van der Waals surface area contributed by atoms with Crippen molar-refractivity contribution in [2.75, 3.05) is 11.4 Å². The number of benzene rings is 2. The Hall–Kier alpha value is -2.53. The van der Waals surface area contributed by atoms with Crippen molar-refractivity contribution in [2.24, 2.45) is 0 Å². The average Bonchev–Trinajstić information content (AvgIpc) is 3.13. The lowest BCUT2D eigenvalue weighted by molar-refractivity contribution is -0.121. The second kappa shape index (κ2) is 6.76. The number of carbonyl (C=O) groups excluding carboxylic acids is 1. The number of piperidine rings is 1. The number of halogens is 1. The Labute approximate surface area is 149 Å². The Kier molecular flexibility index (Phi) is 4.32. The molecule has 1 amide bonds. The first kappa shape index (κ1) is 16.0. The minimum atomic E-state index is -0.431.